The summed E-state index contributed by atoms with van der Waals surface area (Å²) in [7, 11) is 0. The van der Waals surface area contributed by atoms with Crippen LogP contribution in [0.1, 0.15) is 52.4 Å². The summed E-state index contributed by atoms with van der Waals surface area (Å²) in [6.07, 6.45) is -0.659. The van der Waals surface area contributed by atoms with Crippen LogP contribution in [0.5, 0.6) is 0 Å². The number of nitrogens with zero attached hydrogens (tertiary/aromatic N) is 1. The van der Waals surface area contributed by atoms with Crippen LogP contribution in [0.25, 0.3) is 0 Å². The number of aliphatic carboxylic acids is 2. The van der Waals surface area contributed by atoms with Crippen molar-refractivity contribution < 1.29 is 39.0 Å². The first-order valence-corrected chi connectivity index (χ1v) is 11.6. The second-order valence-electron chi connectivity index (χ2n) is 8.49. The number of guanidine groups is 1. The molecule has 0 aromatic carbocycles. The summed E-state index contributed by atoms with van der Waals surface area (Å²) < 4.78 is 0. The van der Waals surface area contributed by atoms with Crippen molar-refractivity contribution in [1.82, 2.24) is 16.0 Å². The highest BCUT2D eigenvalue weighted by Gasteiger charge is 2.32. The first kappa shape index (κ1) is 33.0. The number of hydrogen-bond donors (Lipinski definition) is 9. The molecule has 0 heterocycles. The van der Waals surface area contributed by atoms with E-state index in [2.05, 4.69) is 20.9 Å². The van der Waals surface area contributed by atoms with Gasteiger partial charge in [0.25, 0.3) is 0 Å². The molecular weight excluding hydrogens is 492 g/mol. The number of hydrogen-bond acceptors (Lipinski definition) is 8. The average molecular weight is 531 g/mol. The minimum Gasteiger partial charge on any atom is -0.481 e. The summed E-state index contributed by atoms with van der Waals surface area (Å²) in [4.78, 5) is 76.0. The SMILES string of the molecule is CCC(C)C(NC(=O)C(CCC(=O)O)NC(=O)C(CC(N)=O)NC(=O)C(N)CCCN=C(N)N)C(=O)O. The van der Waals surface area contributed by atoms with Gasteiger partial charge in [-0.1, -0.05) is 20.3 Å². The quantitative estimate of drug-likeness (QED) is 0.0480. The Balaban J connectivity index is 5.54. The van der Waals surface area contributed by atoms with Gasteiger partial charge in [-0.2, -0.15) is 0 Å². The van der Waals surface area contributed by atoms with Crippen molar-refractivity contribution in [3.05, 3.63) is 0 Å². The Morgan fingerprint density at radius 1 is 0.865 bits per heavy atom. The molecule has 37 heavy (non-hydrogen) atoms. The standard InChI is InChI=1S/C21H38N8O8/c1-3-10(2)16(20(36)37)29-18(34)12(6-7-15(31)32)27-19(35)13(9-14(23)30)28-17(33)11(22)5-4-8-26-21(24)25/h10-13,16H,3-9,22H2,1-2H3,(H2,23,30)(H,27,35)(H,28,33)(H,29,34)(H,31,32)(H,36,37)(H4,24,25,26). The van der Waals surface area contributed by atoms with Crippen molar-refractivity contribution in [2.75, 3.05) is 6.54 Å². The van der Waals surface area contributed by atoms with E-state index in [1.54, 1.807) is 13.8 Å². The number of carbonyl (C=O) groups excluding carboxylic acids is 4. The van der Waals surface area contributed by atoms with Gasteiger partial charge in [-0.3, -0.25) is 29.0 Å². The predicted octanol–water partition coefficient (Wildman–Crippen LogP) is -3.31. The Labute approximate surface area is 214 Å². The van der Waals surface area contributed by atoms with E-state index in [1.165, 1.54) is 0 Å². The normalized spacial score (nSPS) is 14.7. The monoisotopic (exact) mass is 530 g/mol. The zero-order valence-electron chi connectivity index (χ0n) is 20.9. The molecule has 5 atom stereocenters. The molecule has 0 aromatic heterocycles. The van der Waals surface area contributed by atoms with Crippen LogP contribution in [-0.2, 0) is 28.8 Å². The van der Waals surface area contributed by atoms with Gasteiger partial charge in [-0.05, 0) is 25.2 Å². The van der Waals surface area contributed by atoms with Crippen LogP contribution < -0.4 is 38.9 Å². The molecule has 16 heteroatoms. The first-order chi connectivity index (χ1) is 17.2. The molecule has 0 radical (unpaired) electrons. The third-order valence-electron chi connectivity index (χ3n) is 5.40. The predicted molar refractivity (Wildman–Crippen MR) is 131 cm³/mol. The number of aliphatic imine (C=N–C) groups is 1. The number of rotatable bonds is 18. The highest BCUT2D eigenvalue weighted by atomic mass is 16.4. The number of nitrogens with two attached hydrogens (primary N) is 4. The van der Waals surface area contributed by atoms with E-state index >= 15 is 0 Å². The van der Waals surface area contributed by atoms with Gasteiger partial charge in [-0.15, -0.1) is 0 Å². The molecule has 0 rings (SSSR count). The molecule has 0 saturated carbocycles. The van der Waals surface area contributed by atoms with E-state index in [0.29, 0.717) is 12.8 Å². The molecule has 4 amide bonds. The van der Waals surface area contributed by atoms with Gasteiger partial charge < -0.3 is 49.1 Å². The number of carboxylic acids is 2. The first-order valence-electron chi connectivity index (χ1n) is 11.6. The van der Waals surface area contributed by atoms with Crippen molar-refractivity contribution in [2.24, 2.45) is 33.8 Å². The lowest BCUT2D eigenvalue weighted by molar-refractivity contribution is -0.144. The van der Waals surface area contributed by atoms with E-state index in [1.807, 2.05) is 0 Å². The van der Waals surface area contributed by atoms with Crippen molar-refractivity contribution in [2.45, 2.75) is 76.5 Å². The lowest BCUT2D eigenvalue weighted by atomic mass is 9.98. The van der Waals surface area contributed by atoms with Gasteiger partial charge in [0.1, 0.15) is 18.1 Å². The average Bonchev–Trinajstić information content (AvgIpc) is 2.80. The van der Waals surface area contributed by atoms with E-state index in [9.17, 15) is 33.9 Å². The Morgan fingerprint density at radius 2 is 1.43 bits per heavy atom. The zero-order valence-corrected chi connectivity index (χ0v) is 20.9. The third-order valence-corrected chi connectivity index (χ3v) is 5.40. The Hall–Kier alpha value is -3.95. The molecule has 16 nitrogen and oxygen atoms in total. The van der Waals surface area contributed by atoms with Gasteiger partial charge in [0, 0.05) is 13.0 Å². The molecule has 0 fully saturated rings. The number of nitrogens with one attached hydrogen (secondary N) is 3. The van der Waals surface area contributed by atoms with Gasteiger partial charge in [0.05, 0.1) is 12.5 Å². The minimum absolute atomic E-state index is 0.128. The summed E-state index contributed by atoms with van der Waals surface area (Å²) in [6.45, 7) is 3.53. The molecule has 0 aliphatic rings. The third kappa shape index (κ3) is 13.6. The van der Waals surface area contributed by atoms with Crippen molar-refractivity contribution >= 4 is 41.5 Å². The smallest absolute Gasteiger partial charge is 0.326 e. The van der Waals surface area contributed by atoms with Gasteiger partial charge in [0.2, 0.25) is 23.6 Å². The molecule has 0 saturated heterocycles. The Kier molecular flexibility index (Phi) is 14.9. The fraction of sp³-hybridized carbons (Fsp3) is 0.667. The summed E-state index contributed by atoms with van der Waals surface area (Å²) >= 11 is 0. The van der Waals surface area contributed by atoms with Gasteiger partial charge >= 0.3 is 11.9 Å². The largest absolute Gasteiger partial charge is 0.481 e. The van der Waals surface area contributed by atoms with Crippen molar-refractivity contribution in [3.8, 4) is 0 Å². The fourth-order valence-electron chi connectivity index (χ4n) is 3.09. The highest BCUT2D eigenvalue weighted by molar-refractivity contribution is 5.96. The topological polar surface area (TPSA) is 295 Å². The van der Waals surface area contributed by atoms with Crippen LogP contribution in [-0.4, -0.2) is 82.5 Å². The molecule has 0 spiro atoms. The molecule has 5 unspecified atom stereocenters. The van der Waals surface area contributed by atoms with E-state index in [4.69, 9.17) is 28.0 Å². The van der Waals surface area contributed by atoms with E-state index in [-0.39, 0.29) is 25.3 Å². The van der Waals surface area contributed by atoms with Crippen LogP contribution in [0.2, 0.25) is 0 Å². The van der Waals surface area contributed by atoms with Crippen LogP contribution in [0.15, 0.2) is 4.99 Å². The Bertz CT molecular complexity index is 861. The van der Waals surface area contributed by atoms with Crippen LogP contribution >= 0.6 is 0 Å². The van der Waals surface area contributed by atoms with Gasteiger partial charge in [0.15, 0.2) is 5.96 Å². The molecule has 0 aliphatic carbocycles. The molecule has 210 valence electrons. The lowest BCUT2D eigenvalue weighted by Gasteiger charge is -2.26. The molecule has 13 N–H and O–H groups in total. The molecule has 0 aromatic rings. The van der Waals surface area contributed by atoms with E-state index < -0.39 is 78.5 Å². The lowest BCUT2D eigenvalue weighted by Crippen LogP contribution is -2.58. The molecular formula is C21H38N8O8. The molecule has 0 aliphatic heterocycles. The Morgan fingerprint density at radius 3 is 1.92 bits per heavy atom. The van der Waals surface area contributed by atoms with Crippen molar-refractivity contribution in [1.29, 1.82) is 0 Å². The number of primary amides is 1. The maximum absolute atomic E-state index is 12.9. The second kappa shape index (κ2) is 16.7. The maximum atomic E-state index is 12.9. The van der Waals surface area contributed by atoms with Crippen molar-refractivity contribution in [3.63, 3.8) is 0 Å². The van der Waals surface area contributed by atoms with Crippen LogP contribution in [0.3, 0.4) is 0 Å². The zero-order chi connectivity index (χ0) is 28.7. The minimum atomic E-state index is -1.53. The maximum Gasteiger partial charge on any atom is 0.326 e. The number of amides is 4. The summed E-state index contributed by atoms with van der Waals surface area (Å²) in [5.41, 5.74) is 21.4. The van der Waals surface area contributed by atoms with E-state index in [0.717, 1.165) is 0 Å². The van der Waals surface area contributed by atoms with Gasteiger partial charge in [-0.25, -0.2) is 4.79 Å². The summed E-state index contributed by atoms with van der Waals surface area (Å²) in [6, 6.07) is -5.39. The highest BCUT2D eigenvalue weighted by Crippen LogP contribution is 2.10. The second-order valence-corrected chi connectivity index (χ2v) is 8.49. The fourth-order valence-corrected chi connectivity index (χ4v) is 3.09. The summed E-state index contributed by atoms with van der Waals surface area (Å²) in [5.74, 6) is -6.86. The van der Waals surface area contributed by atoms with Crippen LogP contribution in [0.4, 0.5) is 0 Å². The van der Waals surface area contributed by atoms with Crippen LogP contribution in [0, 0.1) is 5.92 Å². The molecule has 0 bridgehead atoms. The summed E-state index contributed by atoms with van der Waals surface area (Å²) in [5, 5.41) is 25.3. The number of carboxylic acid groups (broad SMARTS) is 2. The number of carbonyl (C=O) groups is 6.